The molecule has 2 N–H and O–H groups in total. The number of rotatable bonds is 4. The Bertz CT molecular complexity index is 503. The molecule has 1 aromatic carbocycles. The zero-order chi connectivity index (χ0) is 15.5. The fourth-order valence-corrected chi connectivity index (χ4v) is 3.33. The van der Waals surface area contributed by atoms with Crippen LogP contribution in [0.1, 0.15) is 38.2 Å². The zero-order valence-electron chi connectivity index (χ0n) is 13.3. The molecule has 0 saturated heterocycles. The van der Waals surface area contributed by atoms with E-state index in [1.165, 1.54) is 6.42 Å². The quantitative estimate of drug-likeness (QED) is 0.927. The molecular formula is C17H26N2O2. The summed E-state index contributed by atoms with van der Waals surface area (Å²) in [5.74, 6) is 1.37. The molecular weight excluding hydrogens is 264 g/mol. The van der Waals surface area contributed by atoms with Gasteiger partial charge in [0.15, 0.2) is 0 Å². The average Bonchev–Trinajstić information content (AvgIpc) is 2.46. The Labute approximate surface area is 127 Å². The van der Waals surface area contributed by atoms with Crippen LogP contribution in [0.4, 0.5) is 0 Å². The number of likely N-dealkylation sites (N-methyl/N-ethyl adjacent to an activating group) is 1. The lowest BCUT2D eigenvalue weighted by Crippen LogP contribution is -2.56. The van der Waals surface area contributed by atoms with Crippen molar-refractivity contribution in [3.8, 4) is 5.75 Å². The summed E-state index contributed by atoms with van der Waals surface area (Å²) in [7, 11) is 3.47. The Hall–Kier alpha value is -1.55. The maximum atomic E-state index is 12.7. The second-order valence-electron chi connectivity index (χ2n) is 6.33. The first-order valence-corrected chi connectivity index (χ1v) is 7.62. The summed E-state index contributed by atoms with van der Waals surface area (Å²) in [6.45, 7) is 2.70. The van der Waals surface area contributed by atoms with Gasteiger partial charge in [0, 0.05) is 19.2 Å². The maximum absolute atomic E-state index is 12.7. The molecule has 0 spiro atoms. The predicted octanol–water partition coefficient (Wildman–Crippen LogP) is 2.56. The lowest BCUT2D eigenvalue weighted by molar-refractivity contribution is -0.138. The van der Waals surface area contributed by atoms with E-state index in [4.69, 9.17) is 10.5 Å². The number of para-hydroxylation sites is 1. The van der Waals surface area contributed by atoms with Gasteiger partial charge in [-0.3, -0.25) is 4.79 Å². The first-order valence-electron chi connectivity index (χ1n) is 7.62. The van der Waals surface area contributed by atoms with Gasteiger partial charge in [-0.05, 0) is 24.8 Å². The van der Waals surface area contributed by atoms with Crippen LogP contribution in [-0.4, -0.2) is 30.5 Å². The monoisotopic (exact) mass is 290 g/mol. The van der Waals surface area contributed by atoms with Crippen LogP contribution in [0.3, 0.4) is 0 Å². The van der Waals surface area contributed by atoms with Gasteiger partial charge in [-0.15, -0.1) is 0 Å². The van der Waals surface area contributed by atoms with Gasteiger partial charge in [-0.1, -0.05) is 38.0 Å². The lowest BCUT2D eigenvalue weighted by atomic mass is 9.76. The molecule has 116 valence electrons. The van der Waals surface area contributed by atoms with E-state index in [1.54, 1.807) is 12.0 Å². The van der Waals surface area contributed by atoms with E-state index in [1.807, 2.05) is 31.3 Å². The minimum absolute atomic E-state index is 0.0416. The van der Waals surface area contributed by atoms with Crippen molar-refractivity contribution >= 4 is 5.91 Å². The van der Waals surface area contributed by atoms with Crippen LogP contribution in [0.25, 0.3) is 0 Å². The van der Waals surface area contributed by atoms with E-state index in [-0.39, 0.29) is 5.91 Å². The van der Waals surface area contributed by atoms with Gasteiger partial charge in [0.2, 0.25) is 5.91 Å². The molecule has 0 radical (unpaired) electrons. The summed E-state index contributed by atoms with van der Waals surface area (Å²) in [4.78, 5) is 14.5. The predicted molar refractivity (Wildman–Crippen MR) is 84.0 cm³/mol. The fraction of sp³-hybridized carbons (Fsp3) is 0.588. The van der Waals surface area contributed by atoms with E-state index in [2.05, 4.69) is 6.92 Å². The highest BCUT2D eigenvalue weighted by Gasteiger charge is 2.39. The van der Waals surface area contributed by atoms with Crippen LogP contribution in [0, 0.1) is 5.92 Å². The van der Waals surface area contributed by atoms with E-state index >= 15 is 0 Å². The molecule has 1 fully saturated rings. The minimum atomic E-state index is -0.700. The van der Waals surface area contributed by atoms with Crippen LogP contribution in [0.5, 0.6) is 5.75 Å². The molecule has 2 atom stereocenters. The number of carbonyl (C=O) groups is 1. The van der Waals surface area contributed by atoms with Gasteiger partial charge in [-0.25, -0.2) is 0 Å². The molecule has 1 aromatic rings. The lowest BCUT2D eigenvalue weighted by Gasteiger charge is -2.38. The van der Waals surface area contributed by atoms with Crippen molar-refractivity contribution in [2.45, 2.75) is 44.7 Å². The van der Waals surface area contributed by atoms with Crippen LogP contribution in [-0.2, 0) is 11.3 Å². The highest BCUT2D eigenvalue weighted by Crippen LogP contribution is 2.32. The topological polar surface area (TPSA) is 55.6 Å². The molecule has 2 unspecified atom stereocenters. The van der Waals surface area contributed by atoms with Crippen molar-refractivity contribution in [2.75, 3.05) is 14.2 Å². The smallest absolute Gasteiger partial charge is 0.242 e. The van der Waals surface area contributed by atoms with Crippen LogP contribution in [0.2, 0.25) is 0 Å². The number of amides is 1. The van der Waals surface area contributed by atoms with Gasteiger partial charge in [0.05, 0.1) is 12.6 Å². The number of hydrogen-bond acceptors (Lipinski definition) is 3. The Balaban J connectivity index is 2.09. The van der Waals surface area contributed by atoms with Crippen molar-refractivity contribution in [3.05, 3.63) is 29.8 Å². The molecule has 1 amide bonds. The number of ether oxygens (including phenoxy) is 1. The summed E-state index contributed by atoms with van der Waals surface area (Å²) in [5, 5.41) is 0. The van der Waals surface area contributed by atoms with Crippen molar-refractivity contribution in [3.63, 3.8) is 0 Å². The molecule has 1 aliphatic rings. The van der Waals surface area contributed by atoms with E-state index in [0.29, 0.717) is 12.5 Å². The molecule has 0 bridgehead atoms. The maximum Gasteiger partial charge on any atom is 0.242 e. The standard InChI is InChI=1S/C17H26N2O2/c1-13-7-6-10-17(18,11-13)16(20)19(2)12-14-8-4-5-9-15(14)21-3/h4-5,8-9,13H,6-7,10-12,18H2,1-3H3. The van der Waals surface area contributed by atoms with Crippen LogP contribution >= 0.6 is 0 Å². The average molecular weight is 290 g/mol. The molecule has 0 aliphatic heterocycles. The third-order valence-corrected chi connectivity index (χ3v) is 4.41. The van der Waals surface area contributed by atoms with E-state index < -0.39 is 5.54 Å². The first-order chi connectivity index (χ1) is 9.96. The Morgan fingerprint density at radius 1 is 1.48 bits per heavy atom. The normalized spacial score (nSPS) is 25.4. The Morgan fingerprint density at radius 2 is 2.19 bits per heavy atom. The third-order valence-electron chi connectivity index (χ3n) is 4.41. The molecule has 4 heteroatoms. The van der Waals surface area contributed by atoms with E-state index in [9.17, 15) is 4.79 Å². The SMILES string of the molecule is COc1ccccc1CN(C)C(=O)C1(N)CCCC(C)C1. The highest BCUT2D eigenvalue weighted by molar-refractivity contribution is 5.86. The number of benzene rings is 1. The number of hydrogen-bond donors (Lipinski definition) is 1. The largest absolute Gasteiger partial charge is 0.496 e. The Morgan fingerprint density at radius 3 is 2.86 bits per heavy atom. The zero-order valence-corrected chi connectivity index (χ0v) is 13.3. The van der Waals surface area contributed by atoms with Gasteiger partial charge < -0.3 is 15.4 Å². The summed E-state index contributed by atoms with van der Waals surface area (Å²) < 4.78 is 5.34. The van der Waals surface area contributed by atoms with Gasteiger partial charge in [0.1, 0.15) is 5.75 Å². The molecule has 21 heavy (non-hydrogen) atoms. The van der Waals surface area contributed by atoms with Gasteiger partial charge in [0.25, 0.3) is 0 Å². The number of carbonyl (C=O) groups excluding carboxylic acids is 1. The van der Waals surface area contributed by atoms with Crippen LogP contribution in [0.15, 0.2) is 24.3 Å². The number of nitrogens with two attached hydrogens (primary N) is 1. The minimum Gasteiger partial charge on any atom is -0.496 e. The fourth-order valence-electron chi connectivity index (χ4n) is 3.33. The number of methoxy groups -OCH3 is 1. The van der Waals surface area contributed by atoms with Gasteiger partial charge >= 0.3 is 0 Å². The second-order valence-corrected chi connectivity index (χ2v) is 6.33. The molecule has 2 rings (SSSR count). The van der Waals surface area contributed by atoms with Crippen molar-refractivity contribution in [1.29, 1.82) is 0 Å². The first kappa shape index (κ1) is 15.8. The van der Waals surface area contributed by atoms with Crippen molar-refractivity contribution in [2.24, 2.45) is 11.7 Å². The molecule has 1 aliphatic carbocycles. The van der Waals surface area contributed by atoms with Crippen LogP contribution < -0.4 is 10.5 Å². The molecule has 4 nitrogen and oxygen atoms in total. The summed E-state index contributed by atoms with van der Waals surface area (Å²) in [6.07, 6.45) is 3.77. The molecule has 0 heterocycles. The summed E-state index contributed by atoms with van der Waals surface area (Å²) >= 11 is 0. The van der Waals surface area contributed by atoms with E-state index in [0.717, 1.165) is 30.6 Å². The summed E-state index contributed by atoms with van der Waals surface area (Å²) in [6, 6.07) is 7.78. The highest BCUT2D eigenvalue weighted by atomic mass is 16.5. The second kappa shape index (κ2) is 6.48. The van der Waals surface area contributed by atoms with Gasteiger partial charge in [-0.2, -0.15) is 0 Å². The molecule has 1 saturated carbocycles. The van der Waals surface area contributed by atoms with Crippen molar-refractivity contribution in [1.82, 2.24) is 4.90 Å². The third kappa shape index (κ3) is 3.56. The number of nitrogens with zero attached hydrogens (tertiary/aromatic N) is 1. The molecule has 0 aromatic heterocycles. The Kier molecular flexibility index (Phi) is 4.88. The van der Waals surface area contributed by atoms with Crippen molar-refractivity contribution < 1.29 is 9.53 Å². The summed E-state index contributed by atoms with van der Waals surface area (Å²) in [5.41, 5.74) is 6.70.